The van der Waals surface area contributed by atoms with Gasteiger partial charge in [-0.3, -0.25) is 4.79 Å². The molecular formula is C12H21N3O3. The Bertz CT molecular complexity index is 376. The molecule has 0 bridgehead atoms. The van der Waals surface area contributed by atoms with E-state index in [4.69, 9.17) is 9.63 Å². The average molecular weight is 255 g/mol. The van der Waals surface area contributed by atoms with Crippen molar-refractivity contribution in [1.29, 1.82) is 0 Å². The Morgan fingerprint density at radius 1 is 1.44 bits per heavy atom. The molecule has 1 aromatic rings. The topological polar surface area (TPSA) is 88.2 Å². The van der Waals surface area contributed by atoms with E-state index in [0.29, 0.717) is 31.1 Å². The molecule has 0 aromatic carbocycles. The Hall–Kier alpha value is -1.43. The van der Waals surface area contributed by atoms with Crippen molar-refractivity contribution in [1.82, 2.24) is 15.5 Å². The van der Waals surface area contributed by atoms with Crippen LogP contribution >= 0.6 is 0 Å². The van der Waals surface area contributed by atoms with E-state index in [1.165, 1.54) is 0 Å². The number of aromatic nitrogens is 2. The lowest BCUT2D eigenvalue weighted by molar-refractivity contribution is -0.121. The van der Waals surface area contributed by atoms with E-state index < -0.39 is 0 Å². The van der Waals surface area contributed by atoms with Gasteiger partial charge >= 0.3 is 0 Å². The van der Waals surface area contributed by atoms with Gasteiger partial charge in [0, 0.05) is 31.9 Å². The number of nitrogens with zero attached hydrogens (tertiary/aromatic N) is 2. The Balaban J connectivity index is 2.29. The van der Waals surface area contributed by atoms with Crippen LogP contribution in [-0.4, -0.2) is 34.3 Å². The number of aryl methyl sites for hydroxylation is 1. The van der Waals surface area contributed by atoms with Gasteiger partial charge in [0.15, 0.2) is 5.82 Å². The van der Waals surface area contributed by atoms with Gasteiger partial charge in [-0.05, 0) is 5.92 Å². The van der Waals surface area contributed by atoms with Gasteiger partial charge in [0.1, 0.15) is 0 Å². The van der Waals surface area contributed by atoms with Crippen LogP contribution in [-0.2, 0) is 11.2 Å². The van der Waals surface area contributed by atoms with Gasteiger partial charge in [-0.15, -0.1) is 0 Å². The zero-order chi connectivity index (χ0) is 13.5. The minimum Gasteiger partial charge on any atom is -0.396 e. The standard InChI is InChI=1S/C12H21N3O3/c1-8(2)12-14-11(18-15-12)5-4-10(17)13-6-9(3)7-16/h8-9,16H,4-7H2,1-3H3,(H,13,17). The van der Waals surface area contributed by atoms with Crippen LogP contribution in [0.15, 0.2) is 4.52 Å². The van der Waals surface area contributed by atoms with Crippen LogP contribution < -0.4 is 5.32 Å². The van der Waals surface area contributed by atoms with Crippen LogP contribution in [0.5, 0.6) is 0 Å². The molecule has 0 fully saturated rings. The highest BCUT2D eigenvalue weighted by Crippen LogP contribution is 2.10. The number of carbonyl (C=O) groups excluding carboxylic acids is 1. The number of nitrogens with one attached hydrogen (secondary N) is 1. The van der Waals surface area contributed by atoms with Gasteiger partial charge in [0.25, 0.3) is 0 Å². The Labute approximate surface area is 107 Å². The molecule has 6 heteroatoms. The highest BCUT2D eigenvalue weighted by Gasteiger charge is 2.11. The van der Waals surface area contributed by atoms with Crippen molar-refractivity contribution in [3.8, 4) is 0 Å². The van der Waals surface area contributed by atoms with Crippen molar-refractivity contribution in [2.45, 2.75) is 39.5 Å². The minimum atomic E-state index is -0.0698. The first-order chi connectivity index (χ1) is 8.52. The predicted molar refractivity (Wildman–Crippen MR) is 66.0 cm³/mol. The summed E-state index contributed by atoms with van der Waals surface area (Å²) in [5.74, 6) is 1.38. The van der Waals surface area contributed by atoms with Crippen LogP contribution in [0.25, 0.3) is 0 Å². The van der Waals surface area contributed by atoms with Crippen molar-refractivity contribution >= 4 is 5.91 Å². The van der Waals surface area contributed by atoms with E-state index in [9.17, 15) is 4.79 Å². The first kappa shape index (κ1) is 14.6. The quantitative estimate of drug-likeness (QED) is 0.754. The summed E-state index contributed by atoms with van der Waals surface area (Å²) in [6, 6.07) is 0. The largest absolute Gasteiger partial charge is 0.396 e. The SMILES string of the molecule is CC(CO)CNC(=O)CCc1nc(C(C)C)no1. The third-order valence-electron chi connectivity index (χ3n) is 2.53. The molecular weight excluding hydrogens is 234 g/mol. The van der Waals surface area contributed by atoms with E-state index >= 15 is 0 Å². The number of amides is 1. The lowest BCUT2D eigenvalue weighted by atomic mass is 10.2. The molecule has 102 valence electrons. The fraction of sp³-hybridized carbons (Fsp3) is 0.750. The Kier molecular flexibility index (Phi) is 5.77. The summed E-state index contributed by atoms with van der Waals surface area (Å²) in [5.41, 5.74) is 0. The fourth-order valence-corrected chi connectivity index (χ4v) is 1.27. The average Bonchev–Trinajstić information content (AvgIpc) is 2.82. The first-order valence-electron chi connectivity index (χ1n) is 6.23. The second-order valence-electron chi connectivity index (χ2n) is 4.79. The summed E-state index contributed by atoms with van der Waals surface area (Å²) >= 11 is 0. The van der Waals surface area contributed by atoms with Crippen molar-refractivity contribution in [3.05, 3.63) is 11.7 Å². The second kappa shape index (κ2) is 7.10. The molecule has 2 N–H and O–H groups in total. The molecule has 0 aliphatic rings. The van der Waals surface area contributed by atoms with Crippen LogP contribution in [0.3, 0.4) is 0 Å². The molecule has 6 nitrogen and oxygen atoms in total. The molecule has 0 radical (unpaired) electrons. The van der Waals surface area contributed by atoms with Gasteiger partial charge in [0.05, 0.1) is 0 Å². The van der Waals surface area contributed by atoms with Crippen molar-refractivity contribution in [2.24, 2.45) is 5.92 Å². The summed E-state index contributed by atoms with van der Waals surface area (Å²) in [6.07, 6.45) is 0.761. The highest BCUT2D eigenvalue weighted by molar-refractivity contribution is 5.75. The maximum absolute atomic E-state index is 11.5. The number of hydrogen-bond acceptors (Lipinski definition) is 5. The molecule has 1 rings (SSSR count). The van der Waals surface area contributed by atoms with Gasteiger partial charge in [-0.2, -0.15) is 4.98 Å². The van der Waals surface area contributed by atoms with E-state index in [2.05, 4.69) is 15.5 Å². The lowest BCUT2D eigenvalue weighted by Crippen LogP contribution is -2.29. The summed E-state index contributed by atoms with van der Waals surface area (Å²) in [6.45, 7) is 6.39. The van der Waals surface area contributed by atoms with Gasteiger partial charge in [0.2, 0.25) is 11.8 Å². The molecule has 1 unspecified atom stereocenters. The van der Waals surface area contributed by atoms with E-state index in [0.717, 1.165) is 0 Å². The maximum Gasteiger partial charge on any atom is 0.227 e. The number of hydrogen-bond donors (Lipinski definition) is 2. The van der Waals surface area contributed by atoms with Crippen molar-refractivity contribution < 1.29 is 14.4 Å². The van der Waals surface area contributed by atoms with Crippen molar-refractivity contribution in [3.63, 3.8) is 0 Å². The monoisotopic (exact) mass is 255 g/mol. The van der Waals surface area contributed by atoms with Gasteiger partial charge < -0.3 is 14.9 Å². The second-order valence-corrected chi connectivity index (χ2v) is 4.79. The summed E-state index contributed by atoms with van der Waals surface area (Å²) in [7, 11) is 0. The van der Waals surface area contributed by atoms with E-state index in [1.807, 2.05) is 20.8 Å². The maximum atomic E-state index is 11.5. The molecule has 1 aromatic heterocycles. The summed E-state index contributed by atoms with van der Waals surface area (Å²) in [5, 5.41) is 15.4. The highest BCUT2D eigenvalue weighted by atomic mass is 16.5. The molecule has 0 aliphatic heterocycles. The zero-order valence-corrected chi connectivity index (χ0v) is 11.1. The molecule has 1 heterocycles. The first-order valence-corrected chi connectivity index (χ1v) is 6.23. The third kappa shape index (κ3) is 4.83. The molecule has 0 saturated heterocycles. The summed E-state index contributed by atoms with van der Waals surface area (Å²) < 4.78 is 5.04. The number of carbonyl (C=O) groups is 1. The Morgan fingerprint density at radius 3 is 2.72 bits per heavy atom. The number of aliphatic hydroxyl groups is 1. The van der Waals surface area contributed by atoms with Crippen LogP contribution in [0, 0.1) is 5.92 Å². The Morgan fingerprint density at radius 2 is 2.17 bits per heavy atom. The molecule has 18 heavy (non-hydrogen) atoms. The van der Waals surface area contributed by atoms with Crippen LogP contribution in [0.1, 0.15) is 44.8 Å². The normalized spacial score (nSPS) is 12.7. The van der Waals surface area contributed by atoms with Crippen LogP contribution in [0.4, 0.5) is 0 Å². The fourth-order valence-electron chi connectivity index (χ4n) is 1.27. The molecule has 1 amide bonds. The smallest absolute Gasteiger partial charge is 0.227 e. The number of rotatable bonds is 7. The lowest BCUT2D eigenvalue weighted by Gasteiger charge is -2.08. The van der Waals surface area contributed by atoms with Gasteiger partial charge in [-0.1, -0.05) is 25.9 Å². The zero-order valence-electron chi connectivity index (χ0n) is 11.1. The molecule has 0 saturated carbocycles. The van der Waals surface area contributed by atoms with Crippen LogP contribution in [0.2, 0.25) is 0 Å². The number of aliphatic hydroxyl groups excluding tert-OH is 1. The molecule has 0 spiro atoms. The van der Waals surface area contributed by atoms with E-state index in [-0.39, 0.29) is 24.3 Å². The van der Waals surface area contributed by atoms with Gasteiger partial charge in [-0.25, -0.2) is 0 Å². The van der Waals surface area contributed by atoms with E-state index in [1.54, 1.807) is 0 Å². The molecule has 0 aliphatic carbocycles. The minimum absolute atomic E-state index is 0.0698. The predicted octanol–water partition coefficient (Wildman–Crippen LogP) is 0.870. The van der Waals surface area contributed by atoms with Crippen molar-refractivity contribution in [2.75, 3.05) is 13.2 Å². The third-order valence-corrected chi connectivity index (χ3v) is 2.53. The summed E-state index contributed by atoms with van der Waals surface area (Å²) in [4.78, 5) is 15.7. The molecule has 1 atom stereocenters.